The fourth-order valence-electron chi connectivity index (χ4n) is 2.08. The van der Waals surface area contributed by atoms with E-state index in [0.717, 1.165) is 31.2 Å². The first-order chi connectivity index (χ1) is 8.49. The van der Waals surface area contributed by atoms with Gasteiger partial charge in [0.15, 0.2) is 0 Å². The summed E-state index contributed by atoms with van der Waals surface area (Å²) < 4.78 is 29.6. The summed E-state index contributed by atoms with van der Waals surface area (Å²) in [6.07, 6.45) is 3.66. The lowest BCUT2D eigenvalue weighted by molar-refractivity contribution is 0.171. The monoisotopic (exact) mass is 332 g/mol. The normalized spacial score (nSPS) is 25.0. The Morgan fingerprint density at radius 2 is 1.78 bits per heavy atom. The van der Waals surface area contributed by atoms with Crippen LogP contribution in [-0.4, -0.2) is 19.3 Å². The fourth-order valence-corrected chi connectivity index (χ4v) is 4.06. The molecule has 1 saturated carbocycles. The topological polar surface area (TPSA) is 43.4 Å². The molecule has 1 aromatic rings. The van der Waals surface area contributed by atoms with Crippen molar-refractivity contribution >= 4 is 26.0 Å². The quantitative estimate of drug-likeness (QED) is 0.629. The lowest BCUT2D eigenvalue weighted by Crippen LogP contribution is -2.30. The van der Waals surface area contributed by atoms with Crippen molar-refractivity contribution in [2.75, 3.05) is 0 Å². The highest BCUT2D eigenvalue weighted by molar-refractivity contribution is 9.09. The molecule has 1 fully saturated rings. The molecule has 2 unspecified atom stereocenters. The highest BCUT2D eigenvalue weighted by Gasteiger charge is 2.29. The third kappa shape index (κ3) is 3.33. The Kier molecular flexibility index (Phi) is 4.45. The highest BCUT2D eigenvalue weighted by atomic mass is 79.9. The number of aryl methyl sites for hydroxylation is 1. The second-order valence-electron chi connectivity index (χ2n) is 4.70. The molecule has 0 aliphatic heterocycles. The maximum absolute atomic E-state index is 12.1. The lowest BCUT2D eigenvalue weighted by Gasteiger charge is -2.26. The van der Waals surface area contributed by atoms with Crippen LogP contribution < -0.4 is 0 Å². The van der Waals surface area contributed by atoms with Crippen LogP contribution in [-0.2, 0) is 14.3 Å². The number of hydrogen-bond acceptors (Lipinski definition) is 3. The van der Waals surface area contributed by atoms with Crippen LogP contribution in [0.25, 0.3) is 0 Å². The molecule has 0 N–H and O–H groups in total. The van der Waals surface area contributed by atoms with Crippen molar-refractivity contribution in [2.45, 2.75) is 48.4 Å². The zero-order chi connectivity index (χ0) is 13.2. The number of benzene rings is 1. The van der Waals surface area contributed by atoms with Crippen molar-refractivity contribution in [2.24, 2.45) is 0 Å². The van der Waals surface area contributed by atoms with Crippen molar-refractivity contribution in [1.82, 2.24) is 0 Å². The largest absolute Gasteiger partial charge is 0.297 e. The van der Waals surface area contributed by atoms with E-state index in [1.807, 2.05) is 6.92 Å². The predicted octanol–water partition coefficient (Wildman–Crippen LogP) is 3.41. The first-order valence-corrected chi connectivity index (χ1v) is 8.45. The Hall–Kier alpha value is -0.390. The third-order valence-electron chi connectivity index (χ3n) is 3.18. The van der Waals surface area contributed by atoms with Gasteiger partial charge in [-0.05, 0) is 31.9 Å². The molecule has 0 bridgehead atoms. The van der Waals surface area contributed by atoms with Crippen molar-refractivity contribution in [1.29, 1.82) is 0 Å². The van der Waals surface area contributed by atoms with Crippen molar-refractivity contribution < 1.29 is 12.6 Å². The van der Waals surface area contributed by atoms with Crippen LogP contribution >= 0.6 is 15.9 Å². The summed E-state index contributed by atoms with van der Waals surface area (Å²) in [5.41, 5.74) is 1.03. The van der Waals surface area contributed by atoms with Gasteiger partial charge in [0.25, 0.3) is 10.1 Å². The van der Waals surface area contributed by atoms with Gasteiger partial charge in [0.05, 0.1) is 11.0 Å². The molecule has 2 rings (SSSR count). The maximum Gasteiger partial charge on any atom is 0.297 e. The lowest BCUT2D eigenvalue weighted by atomic mass is 9.98. The van der Waals surface area contributed by atoms with E-state index in [4.69, 9.17) is 4.18 Å². The van der Waals surface area contributed by atoms with E-state index in [2.05, 4.69) is 15.9 Å². The molecule has 18 heavy (non-hydrogen) atoms. The van der Waals surface area contributed by atoms with Crippen molar-refractivity contribution in [3.8, 4) is 0 Å². The van der Waals surface area contributed by atoms with Gasteiger partial charge < -0.3 is 0 Å². The standard InChI is InChI=1S/C13H17BrO3S/c1-10-6-8-11(9-7-10)18(15,16)17-13-5-3-2-4-12(13)14/h6-9,12-13H,2-5H2,1H3. The third-order valence-corrected chi connectivity index (χ3v) is 5.58. The van der Waals surface area contributed by atoms with Crippen LogP contribution in [0, 0.1) is 6.92 Å². The van der Waals surface area contributed by atoms with Gasteiger partial charge in [0.1, 0.15) is 0 Å². The molecule has 2 atom stereocenters. The molecular weight excluding hydrogens is 316 g/mol. The van der Waals surface area contributed by atoms with Gasteiger partial charge in [0.2, 0.25) is 0 Å². The molecule has 1 aliphatic rings. The summed E-state index contributed by atoms with van der Waals surface area (Å²) in [5, 5.41) is 0. The molecule has 0 saturated heterocycles. The zero-order valence-corrected chi connectivity index (χ0v) is 12.7. The molecule has 1 aromatic carbocycles. The Morgan fingerprint density at radius 1 is 1.17 bits per heavy atom. The maximum atomic E-state index is 12.1. The van der Waals surface area contributed by atoms with Gasteiger partial charge >= 0.3 is 0 Å². The predicted molar refractivity (Wildman–Crippen MR) is 74.4 cm³/mol. The molecule has 0 radical (unpaired) electrons. The number of halogens is 1. The molecular formula is C13H17BrO3S. The summed E-state index contributed by atoms with van der Waals surface area (Å²) in [7, 11) is -3.64. The van der Waals surface area contributed by atoms with Crippen LogP contribution in [0.5, 0.6) is 0 Å². The first kappa shape index (κ1) is 14.0. The first-order valence-electron chi connectivity index (χ1n) is 6.13. The summed E-state index contributed by atoms with van der Waals surface area (Å²) in [6.45, 7) is 1.92. The molecule has 5 heteroatoms. The smallest absolute Gasteiger partial charge is 0.262 e. The summed E-state index contributed by atoms with van der Waals surface area (Å²) in [6, 6.07) is 6.75. The SMILES string of the molecule is Cc1ccc(S(=O)(=O)OC2CCCCC2Br)cc1. The molecule has 100 valence electrons. The minimum Gasteiger partial charge on any atom is -0.262 e. The van der Waals surface area contributed by atoms with Crippen LogP contribution in [0.2, 0.25) is 0 Å². The van der Waals surface area contributed by atoms with Crippen LogP contribution in [0.15, 0.2) is 29.2 Å². The average molecular weight is 333 g/mol. The van der Waals surface area contributed by atoms with E-state index in [9.17, 15) is 8.42 Å². The summed E-state index contributed by atoms with van der Waals surface area (Å²) in [5.74, 6) is 0. The summed E-state index contributed by atoms with van der Waals surface area (Å²) >= 11 is 3.50. The Labute approximate surface area is 117 Å². The second kappa shape index (κ2) is 5.72. The highest BCUT2D eigenvalue weighted by Crippen LogP contribution is 2.29. The number of hydrogen-bond donors (Lipinski definition) is 0. The molecule has 3 nitrogen and oxygen atoms in total. The van der Waals surface area contributed by atoms with E-state index >= 15 is 0 Å². The van der Waals surface area contributed by atoms with Gasteiger partial charge in [-0.2, -0.15) is 8.42 Å². The van der Waals surface area contributed by atoms with E-state index in [-0.39, 0.29) is 15.8 Å². The zero-order valence-electron chi connectivity index (χ0n) is 10.3. The van der Waals surface area contributed by atoms with E-state index in [1.54, 1.807) is 24.3 Å². The van der Waals surface area contributed by atoms with Crippen molar-refractivity contribution in [3.05, 3.63) is 29.8 Å². The van der Waals surface area contributed by atoms with E-state index < -0.39 is 10.1 Å². The fraction of sp³-hybridized carbons (Fsp3) is 0.538. The second-order valence-corrected chi connectivity index (χ2v) is 7.45. The minimum absolute atomic E-state index is 0.131. The number of alkyl halides is 1. The molecule has 1 aliphatic carbocycles. The van der Waals surface area contributed by atoms with Gasteiger partial charge in [-0.1, -0.05) is 46.5 Å². The number of rotatable bonds is 3. The molecule has 0 amide bonds. The van der Waals surface area contributed by atoms with Crippen LogP contribution in [0.4, 0.5) is 0 Å². The van der Waals surface area contributed by atoms with Crippen molar-refractivity contribution in [3.63, 3.8) is 0 Å². The summed E-state index contributed by atoms with van der Waals surface area (Å²) in [4.78, 5) is 0.366. The van der Waals surface area contributed by atoms with E-state index in [0.29, 0.717) is 0 Å². The van der Waals surface area contributed by atoms with Gasteiger partial charge in [-0.25, -0.2) is 0 Å². The van der Waals surface area contributed by atoms with Crippen LogP contribution in [0.3, 0.4) is 0 Å². The van der Waals surface area contributed by atoms with Gasteiger partial charge in [-0.15, -0.1) is 0 Å². The Morgan fingerprint density at radius 3 is 2.39 bits per heavy atom. The Bertz CT molecular complexity index is 495. The molecule has 0 aromatic heterocycles. The molecule has 0 heterocycles. The Balaban J connectivity index is 2.13. The van der Waals surface area contributed by atoms with Gasteiger partial charge in [0, 0.05) is 4.83 Å². The minimum atomic E-state index is -3.64. The van der Waals surface area contributed by atoms with Gasteiger partial charge in [-0.3, -0.25) is 4.18 Å². The average Bonchev–Trinajstić information content (AvgIpc) is 2.32. The van der Waals surface area contributed by atoms with E-state index in [1.165, 1.54) is 0 Å². The molecule has 0 spiro atoms. The van der Waals surface area contributed by atoms with Crippen LogP contribution in [0.1, 0.15) is 31.2 Å².